The van der Waals surface area contributed by atoms with E-state index >= 15 is 0 Å². The Bertz CT molecular complexity index is 1360. The van der Waals surface area contributed by atoms with Crippen LogP contribution >= 0.6 is 27.3 Å². The molecule has 8 heteroatoms. The maximum atomic E-state index is 13.3. The molecule has 31 heavy (non-hydrogen) atoms. The van der Waals surface area contributed by atoms with Gasteiger partial charge in [0, 0.05) is 33.1 Å². The molecule has 0 unspecified atom stereocenters. The summed E-state index contributed by atoms with van der Waals surface area (Å²) in [6.07, 6.45) is 1.43. The van der Waals surface area contributed by atoms with Gasteiger partial charge in [0.15, 0.2) is 5.78 Å². The summed E-state index contributed by atoms with van der Waals surface area (Å²) in [5.41, 5.74) is 2.61. The van der Waals surface area contributed by atoms with Crippen LogP contribution in [0, 0.1) is 6.92 Å². The van der Waals surface area contributed by atoms with Gasteiger partial charge in [-0.15, -0.1) is 11.3 Å². The highest BCUT2D eigenvalue weighted by Gasteiger charge is 2.18. The molecule has 1 N–H and O–H groups in total. The number of aryl methyl sites for hydroxylation is 1. The lowest BCUT2D eigenvalue weighted by Crippen LogP contribution is -2.24. The molecule has 0 aliphatic carbocycles. The maximum absolute atomic E-state index is 13.3. The van der Waals surface area contributed by atoms with Crippen molar-refractivity contribution >= 4 is 54.9 Å². The first-order valence-electron chi connectivity index (χ1n) is 9.49. The second kappa shape index (κ2) is 8.56. The normalized spacial score (nSPS) is 10.9. The SMILES string of the molecule is CC(=O)Nc1ccc(C(=O)Cn2cnc3sc(C)c(-c4ccc(Br)cc4)c3c2=O)cc1. The number of Topliss-reactive ketones (excluding diaryl/α,β-unsaturated/α-hetero) is 1. The number of anilines is 1. The number of aromatic nitrogens is 2. The zero-order chi connectivity index (χ0) is 22.1. The summed E-state index contributed by atoms with van der Waals surface area (Å²) in [5.74, 6) is -0.396. The highest BCUT2D eigenvalue weighted by atomic mass is 79.9. The number of amides is 1. The van der Waals surface area contributed by atoms with Gasteiger partial charge >= 0.3 is 0 Å². The summed E-state index contributed by atoms with van der Waals surface area (Å²) in [5, 5.41) is 3.19. The van der Waals surface area contributed by atoms with Gasteiger partial charge in [0.1, 0.15) is 4.83 Å². The molecule has 0 aliphatic rings. The van der Waals surface area contributed by atoms with Crippen molar-refractivity contribution in [1.29, 1.82) is 0 Å². The number of ketones is 1. The molecule has 1 amide bonds. The molecule has 0 bridgehead atoms. The predicted octanol–water partition coefficient (Wildman–Crippen LogP) is 5.04. The number of halogens is 1. The van der Waals surface area contributed by atoms with E-state index in [1.807, 2.05) is 31.2 Å². The van der Waals surface area contributed by atoms with Gasteiger partial charge in [0.2, 0.25) is 5.91 Å². The van der Waals surface area contributed by atoms with E-state index in [-0.39, 0.29) is 23.8 Å². The standard InChI is InChI=1S/C23H18BrN3O3S/c1-13-20(16-3-7-17(24)8-4-16)21-22(31-13)25-12-27(23(21)30)11-19(29)15-5-9-18(10-6-15)26-14(2)28/h3-10,12H,11H2,1-2H3,(H,26,28). The Hall–Kier alpha value is -3.10. The Labute approximate surface area is 190 Å². The fourth-order valence-electron chi connectivity index (χ4n) is 3.40. The lowest BCUT2D eigenvalue weighted by atomic mass is 10.0. The Kier molecular flexibility index (Phi) is 5.84. The molecule has 2 heterocycles. The van der Waals surface area contributed by atoms with Crippen LogP contribution < -0.4 is 10.9 Å². The molecule has 2 aromatic heterocycles. The number of hydrogen-bond donors (Lipinski definition) is 1. The largest absolute Gasteiger partial charge is 0.326 e. The second-order valence-corrected chi connectivity index (χ2v) is 9.20. The zero-order valence-corrected chi connectivity index (χ0v) is 19.2. The van der Waals surface area contributed by atoms with Crippen LogP contribution in [-0.4, -0.2) is 21.2 Å². The molecule has 6 nitrogen and oxygen atoms in total. The molecule has 0 saturated carbocycles. The fraction of sp³-hybridized carbons (Fsp3) is 0.130. The van der Waals surface area contributed by atoms with Gasteiger partial charge < -0.3 is 5.32 Å². The van der Waals surface area contributed by atoms with E-state index in [0.29, 0.717) is 21.5 Å². The average Bonchev–Trinajstić information content (AvgIpc) is 3.07. The van der Waals surface area contributed by atoms with Crippen LogP contribution in [0.1, 0.15) is 22.2 Å². The van der Waals surface area contributed by atoms with E-state index in [4.69, 9.17) is 0 Å². The first kappa shape index (κ1) is 21.1. The number of carbonyl (C=O) groups excluding carboxylic acids is 2. The number of rotatable bonds is 5. The van der Waals surface area contributed by atoms with Crippen molar-refractivity contribution in [2.45, 2.75) is 20.4 Å². The molecule has 4 rings (SSSR count). The predicted molar refractivity (Wildman–Crippen MR) is 127 cm³/mol. The van der Waals surface area contributed by atoms with E-state index in [9.17, 15) is 14.4 Å². The highest BCUT2D eigenvalue weighted by Crippen LogP contribution is 2.35. The van der Waals surface area contributed by atoms with Crippen LogP contribution in [0.5, 0.6) is 0 Å². The Morgan fingerprint density at radius 2 is 1.77 bits per heavy atom. The molecule has 0 saturated heterocycles. The highest BCUT2D eigenvalue weighted by molar-refractivity contribution is 9.10. The maximum Gasteiger partial charge on any atom is 0.263 e. The lowest BCUT2D eigenvalue weighted by Gasteiger charge is -2.07. The van der Waals surface area contributed by atoms with Gasteiger partial charge in [-0.2, -0.15) is 0 Å². The van der Waals surface area contributed by atoms with E-state index in [0.717, 1.165) is 20.5 Å². The number of hydrogen-bond acceptors (Lipinski definition) is 5. The monoisotopic (exact) mass is 495 g/mol. The van der Waals surface area contributed by atoms with Gasteiger partial charge in [-0.3, -0.25) is 19.0 Å². The van der Waals surface area contributed by atoms with Gasteiger partial charge in [-0.05, 0) is 48.9 Å². The smallest absolute Gasteiger partial charge is 0.263 e. The van der Waals surface area contributed by atoms with E-state index in [1.54, 1.807) is 24.3 Å². The van der Waals surface area contributed by atoms with Crippen molar-refractivity contribution in [3.63, 3.8) is 0 Å². The van der Waals surface area contributed by atoms with Crippen LogP contribution in [0.15, 0.2) is 64.1 Å². The molecule has 0 fully saturated rings. The molecule has 156 valence electrons. The Balaban J connectivity index is 1.69. The molecule has 2 aromatic carbocycles. The lowest BCUT2D eigenvalue weighted by molar-refractivity contribution is -0.114. The minimum Gasteiger partial charge on any atom is -0.326 e. The zero-order valence-electron chi connectivity index (χ0n) is 16.8. The molecule has 0 spiro atoms. The van der Waals surface area contributed by atoms with Crippen molar-refractivity contribution < 1.29 is 9.59 Å². The third-order valence-corrected chi connectivity index (χ3v) is 6.37. The summed E-state index contributed by atoms with van der Waals surface area (Å²) >= 11 is 4.90. The number of nitrogens with one attached hydrogen (secondary N) is 1. The van der Waals surface area contributed by atoms with Crippen LogP contribution in [0.2, 0.25) is 0 Å². The van der Waals surface area contributed by atoms with Gasteiger partial charge in [-0.25, -0.2) is 4.98 Å². The van der Waals surface area contributed by atoms with Crippen molar-refractivity contribution in [2.24, 2.45) is 0 Å². The number of nitrogens with zero attached hydrogens (tertiary/aromatic N) is 2. The fourth-order valence-corrected chi connectivity index (χ4v) is 4.67. The van der Waals surface area contributed by atoms with Crippen molar-refractivity contribution in [2.75, 3.05) is 5.32 Å². The summed E-state index contributed by atoms with van der Waals surface area (Å²) in [7, 11) is 0. The second-order valence-electron chi connectivity index (χ2n) is 7.08. The quantitative estimate of drug-likeness (QED) is 0.393. The van der Waals surface area contributed by atoms with E-state index < -0.39 is 0 Å². The summed E-state index contributed by atoms with van der Waals surface area (Å²) < 4.78 is 2.31. The summed E-state index contributed by atoms with van der Waals surface area (Å²) in [6, 6.07) is 14.4. The Morgan fingerprint density at radius 1 is 1.10 bits per heavy atom. The minimum absolute atomic E-state index is 0.115. The topological polar surface area (TPSA) is 81.1 Å². The van der Waals surface area contributed by atoms with Crippen molar-refractivity contribution in [3.05, 3.63) is 80.1 Å². The summed E-state index contributed by atoms with van der Waals surface area (Å²) in [4.78, 5) is 43.3. The van der Waals surface area contributed by atoms with Crippen LogP contribution in [0.3, 0.4) is 0 Å². The van der Waals surface area contributed by atoms with Gasteiger partial charge in [0.05, 0.1) is 18.3 Å². The molecule has 0 aliphatic heterocycles. The molecule has 4 aromatic rings. The Morgan fingerprint density at radius 3 is 2.42 bits per heavy atom. The first-order valence-corrected chi connectivity index (χ1v) is 11.1. The van der Waals surface area contributed by atoms with E-state index in [1.165, 1.54) is 29.2 Å². The van der Waals surface area contributed by atoms with Gasteiger partial charge in [-0.1, -0.05) is 28.1 Å². The number of carbonyl (C=O) groups is 2. The third-order valence-electron chi connectivity index (χ3n) is 4.83. The van der Waals surface area contributed by atoms with Crippen molar-refractivity contribution in [3.8, 4) is 11.1 Å². The molecule has 0 atom stereocenters. The van der Waals surface area contributed by atoms with Gasteiger partial charge in [0.25, 0.3) is 5.56 Å². The number of benzene rings is 2. The molecular formula is C23H18BrN3O3S. The third kappa shape index (κ3) is 4.35. The average molecular weight is 496 g/mol. The van der Waals surface area contributed by atoms with Crippen molar-refractivity contribution in [1.82, 2.24) is 9.55 Å². The minimum atomic E-state index is -0.240. The number of fused-ring (bicyclic) bond motifs is 1. The van der Waals surface area contributed by atoms with Crippen LogP contribution in [0.4, 0.5) is 5.69 Å². The first-order chi connectivity index (χ1) is 14.8. The molecule has 0 radical (unpaired) electrons. The van der Waals surface area contributed by atoms with Crippen LogP contribution in [-0.2, 0) is 11.3 Å². The number of thiophene rings is 1. The molecular weight excluding hydrogens is 478 g/mol. The van der Waals surface area contributed by atoms with E-state index in [2.05, 4.69) is 26.2 Å². The van der Waals surface area contributed by atoms with Crippen LogP contribution in [0.25, 0.3) is 21.3 Å². The summed E-state index contributed by atoms with van der Waals surface area (Å²) in [6.45, 7) is 3.27.